The van der Waals surface area contributed by atoms with Crippen molar-refractivity contribution in [3.8, 4) is 11.1 Å². The van der Waals surface area contributed by atoms with Crippen molar-refractivity contribution in [2.24, 2.45) is 0 Å². The minimum Gasteiger partial charge on any atom is -0.496 e. The van der Waals surface area contributed by atoms with Crippen molar-refractivity contribution >= 4 is 28.1 Å². The summed E-state index contributed by atoms with van der Waals surface area (Å²) in [6.07, 6.45) is 2.09. The van der Waals surface area contributed by atoms with Gasteiger partial charge in [-0.25, -0.2) is 8.78 Å². The van der Waals surface area contributed by atoms with E-state index in [1.807, 2.05) is 44.2 Å². The summed E-state index contributed by atoms with van der Waals surface area (Å²) in [5.74, 6) is -0.481. The van der Waals surface area contributed by atoms with E-state index in [0.717, 1.165) is 47.1 Å². The zero-order valence-corrected chi connectivity index (χ0v) is 16.3. The van der Waals surface area contributed by atoms with Gasteiger partial charge in [0.15, 0.2) is 0 Å². The summed E-state index contributed by atoms with van der Waals surface area (Å²) in [6, 6.07) is 13.5. The van der Waals surface area contributed by atoms with Gasteiger partial charge in [-0.1, -0.05) is 55.8 Å². The van der Waals surface area contributed by atoms with Gasteiger partial charge in [0, 0.05) is 17.2 Å². The molecule has 0 aliphatic heterocycles. The minimum atomic E-state index is -0.688. The Labute approximate surface area is 163 Å². The molecular weight excluding hydrogens is 366 g/mol. The van der Waals surface area contributed by atoms with Crippen molar-refractivity contribution in [2.75, 3.05) is 7.11 Å². The van der Waals surface area contributed by atoms with Gasteiger partial charge < -0.3 is 4.74 Å². The first kappa shape index (κ1) is 19.4. The fourth-order valence-electron chi connectivity index (χ4n) is 3.19. The van der Waals surface area contributed by atoms with E-state index in [0.29, 0.717) is 5.56 Å². The van der Waals surface area contributed by atoms with Crippen LogP contribution in [0.25, 0.3) is 27.7 Å². The minimum absolute atomic E-state index is 0.0583. The number of hydrogen-bond acceptors (Lipinski definition) is 1. The van der Waals surface area contributed by atoms with Crippen molar-refractivity contribution in [2.45, 2.75) is 26.7 Å². The first-order chi connectivity index (χ1) is 13.1. The largest absolute Gasteiger partial charge is 0.496 e. The molecule has 0 spiro atoms. The van der Waals surface area contributed by atoms with E-state index in [1.165, 1.54) is 5.57 Å². The average molecular weight is 387 g/mol. The van der Waals surface area contributed by atoms with Gasteiger partial charge >= 0.3 is 0 Å². The molecule has 1 aliphatic rings. The third-order valence-corrected chi connectivity index (χ3v) is 4.74. The van der Waals surface area contributed by atoms with Crippen molar-refractivity contribution in [3.05, 3.63) is 76.3 Å². The van der Waals surface area contributed by atoms with E-state index in [-0.39, 0.29) is 10.6 Å². The predicted octanol–water partition coefficient (Wildman–Crippen LogP) is 7.62. The highest BCUT2D eigenvalue weighted by Crippen LogP contribution is 2.40. The van der Waals surface area contributed by atoms with Gasteiger partial charge in [0.25, 0.3) is 0 Å². The van der Waals surface area contributed by atoms with E-state index in [4.69, 9.17) is 16.3 Å². The second kappa shape index (κ2) is 8.10. The maximum atomic E-state index is 14.4. The summed E-state index contributed by atoms with van der Waals surface area (Å²) in [6.45, 7) is 4.00. The number of ether oxygens (including phenoxy) is 1. The molecule has 0 atom stereocenters. The van der Waals surface area contributed by atoms with Crippen LogP contribution in [-0.4, -0.2) is 7.11 Å². The van der Waals surface area contributed by atoms with Crippen LogP contribution in [0.5, 0.6) is 0 Å². The van der Waals surface area contributed by atoms with Gasteiger partial charge in [0.2, 0.25) is 0 Å². The fraction of sp³-hybridized carbons (Fsp3) is 0.217. The van der Waals surface area contributed by atoms with E-state index in [9.17, 15) is 8.78 Å². The summed E-state index contributed by atoms with van der Waals surface area (Å²) in [5, 5.41) is 1.86. The Bertz CT molecular complexity index is 995. The topological polar surface area (TPSA) is 9.23 Å². The van der Waals surface area contributed by atoms with E-state index >= 15 is 0 Å². The number of methoxy groups -OCH3 is 1. The van der Waals surface area contributed by atoms with E-state index < -0.39 is 11.6 Å². The Morgan fingerprint density at radius 3 is 2.37 bits per heavy atom. The lowest BCUT2D eigenvalue weighted by atomic mass is 9.95. The molecule has 0 N–H and O–H groups in total. The summed E-state index contributed by atoms with van der Waals surface area (Å²) in [7, 11) is 1.66. The monoisotopic (exact) mass is 386 g/mol. The predicted molar refractivity (Wildman–Crippen MR) is 109 cm³/mol. The van der Waals surface area contributed by atoms with Crippen LogP contribution in [0, 0.1) is 11.6 Å². The number of hydrogen-bond donors (Lipinski definition) is 0. The van der Waals surface area contributed by atoms with Crippen molar-refractivity contribution in [1.82, 2.24) is 0 Å². The maximum absolute atomic E-state index is 14.4. The van der Waals surface area contributed by atoms with Gasteiger partial charge in [-0.3, -0.25) is 0 Å². The van der Waals surface area contributed by atoms with Crippen LogP contribution >= 0.6 is 11.6 Å². The Morgan fingerprint density at radius 1 is 1.00 bits per heavy atom. The lowest BCUT2D eigenvalue weighted by Gasteiger charge is -2.13. The third-order valence-electron chi connectivity index (χ3n) is 4.45. The van der Waals surface area contributed by atoms with Crippen molar-refractivity contribution in [3.63, 3.8) is 0 Å². The SMILES string of the molecule is CC.COC(=C1CC1)c1ccc2cccc(-c3c(F)cc(F)cc3Cl)c2c1. The highest BCUT2D eigenvalue weighted by Gasteiger charge is 2.21. The van der Waals surface area contributed by atoms with Gasteiger partial charge in [-0.05, 0) is 46.9 Å². The molecule has 0 bridgehead atoms. The molecule has 0 radical (unpaired) electrons. The van der Waals surface area contributed by atoms with Crippen LogP contribution in [0.1, 0.15) is 32.3 Å². The second-order valence-corrected chi connectivity index (χ2v) is 6.53. The smallest absolute Gasteiger partial charge is 0.135 e. The van der Waals surface area contributed by atoms with Crippen LogP contribution in [0.4, 0.5) is 8.78 Å². The molecule has 1 aliphatic carbocycles. The molecule has 3 aromatic rings. The van der Waals surface area contributed by atoms with Gasteiger partial charge in [-0.15, -0.1) is 0 Å². The molecule has 0 saturated heterocycles. The van der Waals surface area contributed by atoms with E-state index in [2.05, 4.69) is 0 Å². The quantitative estimate of drug-likeness (QED) is 0.421. The van der Waals surface area contributed by atoms with Gasteiger partial charge in [0.05, 0.1) is 12.1 Å². The highest BCUT2D eigenvalue weighted by atomic mass is 35.5. The molecular formula is C23H21ClF2O. The van der Waals surface area contributed by atoms with Gasteiger partial charge in [-0.2, -0.15) is 0 Å². The Balaban J connectivity index is 0.00000102. The van der Waals surface area contributed by atoms with Crippen molar-refractivity contribution < 1.29 is 13.5 Å². The summed E-state index contributed by atoms with van der Waals surface area (Å²) in [5.41, 5.74) is 3.08. The lowest BCUT2D eigenvalue weighted by Crippen LogP contribution is -1.92. The Kier molecular flexibility index (Phi) is 5.81. The number of halogens is 3. The molecule has 4 rings (SSSR count). The zero-order valence-electron chi connectivity index (χ0n) is 15.6. The number of allylic oxidation sites excluding steroid dienone is 1. The third kappa shape index (κ3) is 3.84. The highest BCUT2D eigenvalue weighted by molar-refractivity contribution is 6.33. The first-order valence-corrected chi connectivity index (χ1v) is 9.40. The molecule has 0 unspecified atom stereocenters. The molecule has 4 heteroatoms. The molecule has 1 saturated carbocycles. The second-order valence-electron chi connectivity index (χ2n) is 6.12. The standard InChI is InChI=1S/C21H15ClF2O.C2H6/c1-25-21(13-6-7-13)14-8-5-12-3-2-4-16(17(12)9-14)20-18(22)10-15(23)11-19(20)24;1-2/h2-5,8-11H,6-7H2,1H3;1-2H3. The summed E-state index contributed by atoms with van der Waals surface area (Å²) >= 11 is 6.15. The van der Waals surface area contributed by atoms with Crippen LogP contribution in [0.15, 0.2) is 54.1 Å². The molecule has 3 aromatic carbocycles. The Morgan fingerprint density at radius 2 is 1.74 bits per heavy atom. The van der Waals surface area contributed by atoms with Crippen LogP contribution in [0.2, 0.25) is 5.02 Å². The van der Waals surface area contributed by atoms with Crippen molar-refractivity contribution in [1.29, 1.82) is 0 Å². The molecule has 0 amide bonds. The lowest BCUT2D eigenvalue weighted by molar-refractivity contribution is 0.368. The fourth-order valence-corrected chi connectivity index (χ4v) is 3.48. The van der Waals surface area contributed by atoms with E-state index in [1.54, 1.807) is 13.2 Å². The molecule has 0 heterocycles. The molecule has 1 fully saturated rings. The first-order valence-electron chi connectivity index (χ1n) is 9.02. The number of fused-ring (bicyclic) bond motifs is 1. The maximum Gasteiger partial charge on any atom is 0.135 e. The summed E-state index contributed by atoms with van der Waals surface area (Å²) < 4.78 is 33.4. The molecule has 140 valence electrons. The number of benzene rings is 3. The van der Waals surface area contributed by atoms with Crippen LogP contribution in [-0.2, 0) is 4.74 Å². The Hall–Kier alpha value is -2.39. The molecule has 27 heavy (non-hydrogen) atoms. The summed E-state index contributed by atoms with van der Waals surface area (Å²) in [4.78, 5) is 0. The normalized spacial score (nSPS) is 12.4. The average Bonchev–Trinajstić information content (AvgIpc) is 3.48. The molecule has 0 aromatic heterocycles. The van der Waals surface area contributed by atoms with Crippen LogP contribution < -0.4 is 0 Å². The number of rotatable bonds is 3. The molecule has 1 nitrogen and oxygen atoms in total. The van der Waals surface area contributed by atoms with Crippen LogP contribution in [0.3, 0.4) is 0 Å². The zero-order chi connectivity index (χ0) is 19.6. The van der Waals surface area contributed by atoms with Gasteiger partial charge in [0.1, 0.15) is 17.4 Å².